The fraction of sp³-hybridized carbons (Fsp3) is 0.233. The van der Waals surface area contributed by atoms with Crippen LogP contribution < -0.4 is 15.0 Å². The Morgan fingerprint density at radius 1 is 0.804 bits per heavy atom. The van der Waals surface area contributed by atoms with E-state index in [0.29, 0.717) is 36.4 Å². The molecule has 1 saturated heterocycles. The SMILES string of the molecule is CC1=CNCCN1Cc1ccc(-c2ccc(COc3ccc(C4C(CCC(O)c5ccc(F)cc5)C(=O)N4c4ccc(F)cc4)cc3)cc2)cc1. The van der Waals surface area contributed by atoms with E-state index < -0.39 is 6.10 Å². The maximum atomic E-state index is 13.7. The normalized spacial score (nSPS) is 17.7. The number of nitrogens with one attached hydrogen (secondary N) is 1. The number of benzene rings is 5. The monoisotopic (exact) mass is 685 g/mol. The van der Waals surface area contributed by atoms with E-state index in [1.54, 1.807) is 29.2 Å². The Hall–Kier alpha value is -5.47. The van der Waals surface area contributed by atoms with Crippen LogP contribution in [0.1, 0.15) is 54.2 Å². The molecule has 6 nitrogen and oxygen atoms in total. The molecular weight excluding hydrogens is 644 g/mol. The highest BCUT2D eigenvalue weighted by Gasteiger charge is 2.48. The Morgan fingerprint density at radius 3 is 2.04 bits per heavy atom. The van der Waals surface area contributed by atoms with Gasteiger partial charge in [-0.3, -0.25) is 4.79 Å². The summed E-state index contributed by atoms with van der Waals surface area (Å²) in [5, 5.41) is 14.0. The smallest absolute Gasteiger partial charge is 0.233 e. The van der Waals surface area contributed by atoms with E-state index in [2.05, 4.69) is 71.9 Å². The van der Waals surface area contributed by atoms with Crippen molar-refractivity contribution in [2.75, 3.05) is 18.0 Å². The Kier molecular flexibility index (Phi) is 10.1. The number of hydrogen-bond donors (Lipinski definition) is 2. The molecule has 1 fully saturated rings. The van der Waals surface area contributed by atoms with E-state index in [0.717, 1.165) is 36.3 Å². The molecule has 51 heavy (non-hydrogen) atoms. The summed E-state index contributed by atoms with van der Waals surface area (Å²) in [5.41, 5.74) is 8.04. The highest BCUT2D eigenvalue weighted by Crippen LogP contribution is 2.46. The number of anilines is 1. The summed E-state index contributed by atoms with van der Waals surface area (Å²) in [5.74, 6) is -0.495. The van der Waals surface area contributed by atoms with Crippen molar-refractivity contribution in [1.82, 2.24) is 10.2 Å². The molecule has 2 aliphatic rings. The summed E-state index contributed by atoms with van der Waals surface area (Å²) in [6, 6.07) is 36.2. The molecule has 2 N–H and O–H groups in total. The van der Waals surface area contributed by atoms with Crippen LogP contribution >= 0.6 is 0 Å². The van der Waals surface area contributed by atoms with Crippen LogP contribution in [0.4, 0.5) is 14.5 Å². The van der Waals surface area contributed by atoms with Crippen molar-refractivity contribution < 1.29 is 23.4 Å². The predicted molar refractivity (Wildman–Crippen MR) is 196 cm³/mol. The molecule has 0 aliphatic carbocycles. The summed E-state index contributed by atoms with van der Waals surface area (Å²) in [7, 11) is 0. The minimum absolute atomic E-state index is 0.0830. The third kappa shape index (κ3) is 7.81. The van der Waals surface area contributed by atoms with E-state index in [9.17, 15) is 18.7 Å². The number of nitrogens with zero attached hydrogens (tertiary/aromatic N) is 2. The second-order valence-electron chi connectivity index (χ2n) is 13.3. The van der Waals surface area contributed by atoms with Crippen LogP contribution in [-0.2, 0) is 17.9 Å². The first kappa shape index (κ1) is 34.0. The molecule has 2 heterocycles. The standard InChI is InChI=1S/C43H41F2N3O3/c1-29-26-46-24-25-47(29)27-30-2-6-32(7-3-30)33-8-4-31(5-9-33)28-51-39-20-12-35(13-21-39)42-40(22-23-41(49)34-10-14-36(44)15-11-34)43(50)48(42)38-18-16-37(45)17-19-38/h2-21,26,40-42,46,49H,22-25,27-28H2,1H3. The Balaban J connectivity index is 0.980. The second-order valence-corrected chi connectivity index (χ2v) is 13.3. The zero-order valence-electron chi connectivity index (χ0n) is 28.5. The van der Waals surface area contributed by atoms with Gasteiger partial charge in [0.2, 0.25) is 5.91 Å². The number of allylic oxidation sites excluding steroid dienone is 1. The number of ether oxygens (including phenoxy) is 1. The van der Waals surface area contributed by atoms with Gasteiger partial charge in [0.25, 0.3) is 0 Å². The van der Waals surface area contributed by atoms with Gasteiger partial charge in [-0.1, -0.05) is 72.8 Å². The van der Waals surface area contributed by atoms with Crippen LogP contribution in [0, 0.1) is 17.6 Å². The quantitative estimate of drug-likeness (QED) is 0.129. The highest BCUT2D eigenvalue weighted by atomic mass is 19.1. The fourth-order valence-corrected chi connectivity index (χ4v) is 6.92. The third-order valence-electron chi connectivity index (χ3n) is 9.90. The molecular formula is C43H41F2N3O3. The number of rotatable bonds is 12. The lowest BCUT2D eigenvalue weighted by atomic mass is 9.78. The molecule has 3 atom stereocenters. The van der Waals surface area contributed by atoms with Gasteiger partial charge in [0, 0.05) is 37.2 Å². The average molecular weight is 686 g/mol. The van der Waals surface area contributed by atoms with Crippen LogP contribution in [0.2, 0.25) is 0 Å². The van der Waals surface area contributed by atoms with Crippen molar-refractivity contribution in [2.24, 2.45) is 5.92 Å². The zero-order valence-corrected chi connectivity index (χ0v) is 28.5. The van der Waals surface area contributed by atoms with Crippen LogP contribution in [0.15, 0.2) is 133 Å². The average Bonchev–Trinajstić information content (AvgIpc) is 3.16. The molecule has 7 rings (SSSR count). The first-order valence-electron chi connectivity index (χ1n) is 17.4. The molecule has 260 valence electrons. The van der Waals surface area contributed by atoms with Crippen molar-refractivity contribution in [3.8, 4) is 16.9 Å². The molecule has 0 bridgehead atoms. The maximum Gasteiger partial charge on any atom is 0.233 e. The first-order valence-corrected chi connectivity index (χ1v) is 17.4. The van der Waals surface area contributed by atoms with Crippen molar-refractivity contribution >= 4 is 11.6 Å². The summed E-state index contributed by atoms with van der Waals surface area (Å²) in [6.45, 7) is 5.41. The molecule has 0 saturated carbocycles. The predicted octanol–water partition coefficient (Wildman–Crippen LogP) is 8.70. The van der Waals surface area contributed by atoms with Crippen LogP contribution in [-0.4, -0.2) is 29.0 Å². The number of β-lactam (4-membered cyclic amide) rings is 1. The van der Waals surface area contributed by atoms with E-state index in [-0.39, 0.29) is 29.5 Å². The van der Waals surface area contributed by atoms with E-state index in [4.69, 9.17) is 4.74 Å². The van der Waals surface area contributed by atoms with Crippen LogP contribution in [0.3, 0.4) is 0 Å². The van der Waals surface area contributed by atoms with Crippen molar-refractivity contribution in [1.29, 1.82) is 0 Å². The van der Waals surface area contributed by atoms with Gasteiger partial charge in [0.15, 0.2) is 0 Å². The number of carbonyl (C=O) groups excluding carboxylic acids is 1. The first-order chi connectivity index (χ1) is 24.8. The van der Waals surface area contributed by atoms with Crippen molar-refractivity contribution in [3.05, 3.63) is 167 Å². The fourth-order valence-electron chi connectivity index (χ4n) is 6.92. The van der Waals surface area contributed by atoms with E-state index >= 15 is 0 Å². The molecule has 0 radical (unpaired) electrons. The number of hydrogen-bond acceptors (Lipinski definition) is 5. The van der Waals surface area contributed by atoms with Gasteiger partial charge < -0.3 is 25.0 Å². The second kappa shape index (κ2) is 15.2. The van der Waals surface area contributed by atoms with Crippen molar-refractivity contribution in [3.63, 3.8) is 0 Å². The Morgan fingerprint density at radius 2 is 1.41 bits per heavy atom. The van der Waals surface area contributed by atoms with Gasteiger partial charge in [0.05, 0.1) is 18.1 Å². The number of aliphatic hydroxyl groups is 1. The largest absolute Gasteiger partial charge is 0.489 e. The molecule has 0 aromatic heterocycles. The van der Waals surface area contributed by atoms with Crippen molar-refractivity contribution in [2.45, 2.75) is 45.1 Å². The molecule has 1 amide bonds. The van der Waals surface area contributed by atoms with E-state index in [1.807, 2.05) is 24.3 Å². The lowest BCUT2D eigenvalue weighted by Crippen LogP contribution is -2.55. The van der Waals surface area contributed by atoms with Gasteiger partial charge in [0.1, 0.15) is 24.0 Å². The topological polar surface area (TPSA) is 65.0 Å². The lowest BCUT2D eigenvalue weighted by molar-refractivity contribution is -0.131. The summed E-state index contributed by atoms with van der Waals surface area (Å²) in [6.07, 6.45) is 2.03. The molecule has 5 aromatic rings. The van der Waals surface area contributed by atoms with Crippen LogP contribution in [0.25, 0.3) is 11.1 Å². The highest BCUT2D eigenvalue weighted by molar-refractivity contribution is 6.03. The van der Waals surface area contributed by atoms with Gasteiger partial charge in [-0.05, 0) is 102 Å². The van der Waals surface area contributed by atoms with Gasteiger partial charge in [-0.15, -0.1) is 0 Å². The minimum Gasteiger partial charge on any atom is -0.489 e. The molecule has 5 aromatic carbocycles. The number of amides is 1. The lowest BCUT2D eigenvalue weighted by Gasteiger charge is -2.48. The maximum absolute atomic E-state index is 13.7. The molecule has 2 aliphatic heterocycles. The van der Waals surface area contributed by atoms with Gasteiger partial charge in [-0.25, -0.2) is 8.78 Å². The third-order valence-corrected chi connectivity index (χ3v) is 9.90. The summed E-state index contributed by atoms with van der Waals surface area (Å²) >= 11 is 0. The number of halogens is 2. The Bertz CT molecular complexity index is 1960. The number of carbonyl (C=O) groups is 1. The minimum atomic E-state index is -0.820. The Labute approximate surface area is 297 Å². The van der Waals surface area contributed by atoms with E-state index in [1.165, 1.54) is 41.1 Å². The van der Waals surface area contributed by atoms with Gasteiger partial charge in [-0.2, -0.15) is 0 Å². The molecule has 0 spiro atoms. The molecule has 8 heteroatoms. The summed E-state index contributed by atoms with van der Waals surface area (Å²) in [4.78, 5) is 17.5. The number of aliphatic hydroxyl groups excluding tert-OH is 1. The van der Waals surface area contributed by atoms with Gasteiger partial charge >= 0.3 is 0 Å². The summed E-state index contributed by atoms with van der Waals surface area (Å²) < 4.78 is 33.2. The molecule has 3 unspecified atom stereocenters. The van der Waals surface area contributed by atoms with Crippen LogP contribution in [0.5, 0.6) is 5.75 Å². The zero-order chi connectivity index (χ0) is 35.3.